The zero-order valence-electron chi connectivity index (χ0n) is 16.5. The number of amides is 1. The Bertz CT molecular complexity index is 861. The summed E-state index contributed by atoms with van der Waals surface area (Å²) in [5.74, 6) is 0.853. The highest BCUT2D eigenvalue weighted by atomic mass is 16.5. The van der Waals surface area contributed by atoms with Crippen molar-refractivity contribution in [3.05, 3.63) is 30.0 Å². The molecule has 6 nitrogen and oxygen atoms in total. The van der Waals surface area contributed by atoms with Crippen molar-refractivity contribution in [2.45, 2.75) is 43.4 Å². The summed E-state index contributed by atoms with van der Waals surface area (Å²) in [5.41, 5.74) is 1.46. The highest BCUT2D eigenvalue weighted by Crippen LogP contribution is 2.43. The summed E-state index contributed by atoms with van der Waals surface area (Å²) in [6.07, 6.45) is 3.81. The van der Waals surface area contributed by atoms with E-state index in [2.05, 4.69) is 0 Å². The van der Waals surface area contributed by atoms with Crippen molar-refractivity contribution in [2.24, 2.45) is 7.05 Å². The number of aryl methyl sites for hydroxylation is 1. The number of carbonyl (C=O) groups excluding carboxylic acids is 1. The van der Waals surface area contributed by atoms with Crippen LogP contribution >= 0.6 is 0 Å². The lowest BCUT2D eigenvalue weighted by Gasteiger charge is -2.43. The fourth-order valence-corrected chi connectivity index (χ4v) is 4.91. The van der Waals surface area contributed by atoms with Crippen LogP contribution in [0.5, 0.6) is 5.75 Å². The minimum atomic E-state index is -0.238. The number of benzene rings is 1. The van der Waals surface area contributed by atoms with Crippen LogP contribution < -0.4 is 4.74 Å². The van der Waals surface area contributed by atoms with E-state index < -0.39 is 0 Å². The Balaban J connectivity index is 1.68. The van der Waals surface area contributed by atoms with Crippen LogP contribution in [0.15, 0.2) is 24.3 Å². The summed E-state index contributed by atoms with van der Waals surface area (Å²) in [5, 5.41) is 1.04. The lowest BCUT2D eigenvalue weighted by molar-refractivity contribution is -0.0894. The molecule has 1 aliphatic carbocycles. The van der Waals surface area contributed by atoms with E-state index in [9.17, 15) is 4.79 Å². The summed E-state index contributed by atoms with van der Waals surface area (Å²) in [6.45, 7) is 0.721. The van der Waals surface area contributed by atoms with E-state index in [1.165, 1.54) is 0 Å². The predicted octanol–water partition coefficient (Wildman–Crippen LogP) is 2.99. The summed E-state index contributed by atoms with van der Waals surface area (Å²) in [4.78, 5) is 15.5. The number of hydrogen-bond donors (Lipinski definition) is 0. The second kappa shape index (κ2) is 6.84. The lowest BCUT2D eigenvalue weighted by Crippen LogP contribution is -2.53. The van der Waals surface area contributed by atoms with Gasteiger partial charge in [-0.25, -0.2) is 0 Å². The third-order valence-corrected chi connectivity index (χ3v) is 6.61. The Hall–Kier alpha value is -2.05. The molecule has 4 rings (SSSR count). The van der Waals surface area contributed by atoms with Gasteiger partial charge in [-0.1, -0.05) is 0 Å². The smallest absolute Gasteiger partial charge is 0.270 e. The van der Waals surface area contributed by atoms with Gasteiger partial charge in [0, 0.05) is 39.3 Å². The van der Waals surface area contributed by atoms with E-state index in [1.54, 1.807) is 21.3 Å². The molecule has 146 valence electrons. The van der Waals surface area contributed by atoms with Crippen molar-refractivity contribution in [1.82, 2.24) is 9.47 Å². The van der Waals surface area contributed by atoms with Gasteiger partial charge in [0.25, 0.3) is 5.91 Å². The van der Waals surface area contributed by atoms with E-state index in [0.29, 0.717) is 5.69 Å². The van der Waals surface area contributed by atoms with Crippen molar-refractivity contribution >= 4 is 16.8 Å². The maximum atomic E-state index is 13.5. The first-order chi connectivity index (χ1) is 13.0. The number of nitrogens with zero attached hydrogens (tertiary/aromatic N) is 2. The molecule has 1 aliphatic heterocycles. The van der Waals surface area contributed by atoms with Gasteiger partial charge in [0.2, 0.25) is 0 Å². The van der Waals surface area contributed by atoms with Crippen LogP contribution in [0.25, 0.3) is 10.9 Å². The molecule has 0 bridgehead atoms. The van der Waals surface area contributed by atoms with Gasteiger partial charge in [-0.05, 0) is 43.9 Å². The third kappa shape index (κ3) is 2.82. The molecule has 1 aromatic carbocycles. The topological polar surface area (TPSA) is 52.9 Å². The SMILES string of the molecule is COc1ccc2cc(C(=O)N3CC[C@]4(OC)CC[C@H](OC)C[C@H]34)n(C)c2c1. The molecule has 1 amide bonds. The number of rotatable bonds is 4. The minimum absolute atomic E-state index is 0.0567. The van der Waals surface area contributed by atoms with Gasteiger partial charge in [0.05, 0.1) is 30.4 Å². The van der Waals surface area contributed by atoms with E-state index >= 15 is 0 Å². The van der Waals surface area contributed by atoms with E-state index in [1.807, 2.05) is 40.8 Å². The second-order valence-corrected chi connectivity index (χ2v) is 7.68. The molecule has 1 aromatic heterocycles. The first-order valence-electron chi connectivity index (χ1n) is 9.55. The maximum Gasteiger partial charge on any atom is 0.270 e. The van der Waals surface area contributed by atoms with Crippen molar-refractivity contribution in [1.29, 1.82) is 0 Å². The summed E-state index contributed by atoms with van der Waals surface area (Å²) in [7, 11) is 7.12. The van der Waals surface area contributed by atoms with Crippen molar-refractivity contribution in [3.8, 4) is 5.75 Å². The standard InChI is InChI=1S/C21H28N2O4/c1-22-17-12-15(25-2)6-5-14(17)11-18(22)20(24)23-10-9-21(27-4)8-7-16(26-3)13-19(21)23/h5-6,11-12,16,19H,7-10,13H2,1-4H3/t16-,19-,21+/m0/s1. The molecule has 0 N–H and O–H groups in total. The fraction of sp³-hybridized carbons (Fsp3) is 0.571. The molecule has 1 saturated carbocycles. The zero-order chi connectivity index (χ0) is 19.2. The minimum Gasteiger partial charge on any atom is -0.497 e. The van der Waals surface area contributed by atoms with E-state index in [4.69, 9.17) is 14.2 Å². The first kappa shape index (κ1) is 18.3. The average Bonchev–Trinajstić information content (AvgIpc) is 3.25. The molecule has 1 saturated heterocycles. The fourth-order valence-electron chi connectivity index (χ4n) is 4.91. The largest absolute Gasteiger partial charge is 0.497 e. The van der Waals surface area contributed by atoms with Gasteiger partial charge in [-0.15, -0.1) is 0 Å². The van der Waals surface area contributed by atoms with Gasteiger partial charge in [-0.2, -0.15) is 0 Å². The highest BCUT2D eigenvalue weighted by Gasteiger charge is 2.52. The zero-order valence-corrected chi connectivity index (χ0v) is 16.5. The van der Waals surface area contributed by atoms with E-state index in [-0.39, 0.29) is 23.7 Å². The number of aromatic nitrogens is 1. The monoisotopic (exact) mass is 372 g/mol. The van der Waals surface area contributed by atoms with Gasteiger partial charge in [-0.3, -0.25) is 4.79 Å². The highest BCUT2D eigenvalue weighted by molar-refractivity contribution is 5.99. The third-order valence-electron chi connectivity index (χ3n) is 6.61. The second-order valence-electron chi connectivity index (χ2n) is 7.68. The van der Waals surface area contributed by atoms with Crippen LogP contribution in [0, 0.1) is 0 Å². The molecule has 2 aliphatic rings. The molecular weight excluding hydrogens is 344 g/mol. The number of ether oxygens (including phenoxy) is 3. The predicted molar refractivity (Wildman–Crippen MR) is 103 cm³/mol. The molecule has 3 atom stereocenters. The Morgan fingerprint density at radius 2 is 2.00 bits per heavy atom. The van der Waals surface area contributed by atoms with Crippen molar-refractivity contribution in [2.75, 3.05) is 27.9 Å². The number of carbonyl (C=O) groups is 1. The molecule has 27 heavy (non-hydrogen) atoms. The summed E-state index contributed by atoms with van der Waals surface area (Å²) < 4.78 is 18.9. The first-order valence-corrected chi connectivity index (χ1v) is 9.55. The molecule has 2 aromatic rings. The number of likely N-dealkylation sites (tertiary alicyclic amines) is 1. The molecule has 0 spiro atoms. The quantitative estimate of drug-likeness (QED) is 0.828. The van der Waals surface area contributed by atoms with Crippen LogP contribution in [0.2, 0.25) is 0 Å². The lowest BCUT2D eigenvalue weighted by atomic mass is 9.79. The summed E-state index contributed by atoms with van der Waals surface area (Å²) in [6, 6.07) is 7.92. The Morgan fingerprint density at radius 1 is 1.19 bits per heavy atom. The Kier molecular flexibility index (Phi) is 4.64. The Labute approximate surface area is 160 Å². The van der Waals surface area contributed by atoms with Crippen LogP contribution in [0.1, 0.15) is 36.2 Å². The van der Waals surface area contributed by atoms with Gasteiger partial charge >= 0.3 is 0 Å². The molecule has 6 heteroatoms. The number of methoxy groups -OCH3 is 3. The molecule has 0 unspecified atom stereocenters. The van der Waals surface area contributed by atoms with Crippen LogP contribution in [0.4, 0.5) is 0 Å². The van der Waals surface area contributed by atoms with Crippen LogP contribution in [-0.4, -0.2) is 61.0 Å². The van der Waals surface area contributed by atoms with Crippen LogP contribution in [-0.2, 0) is 16.5 Å². The van der Waals surface area contributed by atoms with Crippen LogP contribution in [0.3, 0.4) is 0 Å². The molecule has 2 heterocycles. The van der Waals surface area contributed by atoms with Crippen molar-refractivity contribution < 1.29 is 19.0 Å². The number of hydrogen-bond acceptors (Lipinski definition) is 4. The van der Waals surface area contributed by atoms with E-state index in [0.717, 1.165) is 48.9 Å². The molecule has 0 radical (unpaired) electrons. The Morgan fingerprint density at radius 3 is 2.70 bits per heavy atom. The average molecular weight is 372 g/mol. The van der Waals surface area contributed by atoms with Gasteiger partial charge < -0.3 is 23.7 Å². The maximum absolute atomic E-state index is 13.5. The van der Waals surface area contributed by atoms with Gasteiger partial charge in [0.1, 0.15) is 11.4 Å². The molecule has 2 fully saturated rings. The molecular formula is C21H28N2O4. The summed E-state index contributed by atoms with van der Waals surface area (Å²) >= 11 is 0. The van der Waals surface area contributed by atoms with Crippen molar-refractivity contribution in [3.63, 3.8) is 0 Å². The normalized spacial score (nSPS) is 27.8. The van der Waals surface area contributed by atoms with Gasteiger partial charge in [0.15, 0.2) is 0 Å². The number of fused-ring (bicyclic) bond motifs is 2.